The Morgan fingerprint density at radius 3 is 2.53 bits per heavy atom. The second kappa shape index (κ2) is 11.0. The standard InChI is InChI=1S/C33H26ClFN8/c34-28-14-24(39-32(20-6-8-23(35)9-7-20)29-18-43(42-41-29)25-10-11-25)13-27-31(22(16-37)17-38-33(27)28)40-30(26-12-21(26)15-36)19-4-2-1-3-5-19/h1-9,13-14,17-18,21,25-26,30,32,39H,10-12H2,(H,38,40)/t21-,26+,30-,32?/m0/s1/i32D. The van der Waals surface area contributed by atoms with Crippen LogP contribution in [0, 0.1) is 40.3 Å². The molecule has 2 N–H and O–H groups in total. The zero-order chi connectivity index (χ0) is 30.4. The quantitative estimate of drug-likeness (QED) is 0.185. The molecule has 212 valence electrons. The Labute approximate surface area is 254 Å². The fraction of sp³-hybridized carbons (Fsp3) is 0.242. The Kier molecular flexibility index (Phi) is 6.58. The number of fused-ring (bicyclic) bond motifs is 1. The number of anilines is 2. The van der Waals surface area contributed by atoms with E-state index < -0.39 is 11.8 Å². The van der Waals surface area contributed by atoms with E-state index in [1.807, 2.05) is 30.3 Å². The molecular weight excluding hydrogens is 563 g/mol. The summed E-state index contributed by atoms with van der Waals surface area (Å²) in [6, 6.07) is 22.0. The van der Waals surface area contributed by atoms with Crippen molar-refractivity contribution in [2.45, 2.75) is 37.4 Å². The van der Waals surface area contributed by atoms with Gasteiger partial charge in [0.2, 0.25) is 0 Å². The Morgan fingerprint density at radius 1 is 1.05 bits per heavy atom. The smallest absolute Gasteiger partial charge is 0.123 e. The molecule has 7 rings (SSSR count). The van der Waals surface area contributed by atoms with Crippen molar-refractivity contribution in [1.82, 2.24) is 20.0 Å². The summed E-state index contributed by atoms with van der Waals surface area (Å²) in [6.07, 6.45) is 5.99. The van der Waals surface area contributed by atoms with Gasteiger partial charge >= 0.3 is 0 Å². The minimum Gasteiger partial charge on any atom is -0.376 e. The summed E-state index contributed by atoms with van der Waals surface area (Å²) in [6.45, 7) is 0. The Hall–Kier alpha value is -4.99. The van der Waals surface area contributed by atoms with Gasteiger partial charge in [0.05, 0.1) is 59.4 Å². The maximum Gasteiger partial charge on any atom is 0.123 e. The largest absolute Gasteiger partial charge is 0.376 e. The Bertz CT molecular complexity index is 1950. The van der Waals surface area contributed by atoms with E-state index in [4.69, 9.17) is 11.6 Å². The van der Waals surface area contributed by atoms with Gasteiger partial charge in [-0.05, 0) is 54.7 Å². The molecule has 0 saturated heterocycles. The molecule has 2 heterocycles. The van der Waals surface area contributed by atoms with E-state index in [1.54, 1.807) is 35.1 Å². The van der Waals surface area contributed by atoms with Gasteiger partial charge in [0.25, 0.3) is 0 Å². The Balaban J connectivity index is 1.33. The van der Waals surface area contributed by atoms with Crippen LogP contribution in [-0.2, 0) is 0 Å². The number of aromatic nitrogens is 4. The van der Waals surface area contributed by atoms with Crippen LogP contribution < -0.4 is 10.6 Å². The molecule has 10 heteroatoms. The average molecular weight is 590 g/mol. The summed E-state index contributed by atoms with van der Waals surface area (Å²) in [7, 11) is 0. The number of pyridine rings is 1. The van der Waals surface area contributed by atoms with E-state index in [0.29, 0.717) is 44.1 Å². The number of rotatable bonds is 9. The number of hydrogen-bond acceptors (Lipinski definition) is 7. The number of hydrogen-bond donors (Lipinski definition) is 2. The van der Waals surface area contributed by atoms with Crippen molar-refractivity contribution in [2.24, 2.45) is 11.8 Å². The number of benzene rings is 3. The predicted molar refractivity (Wildman–Crippen MR) is 162 cm³/mol. The molecule has 2 aromatic heterocycles. The molecule has 2 aliphatic rings. The number of nitriles is 2. The highest BCUT2D eigenvalue weighted by atomic mass is 35.5. The van der Waals surface area contributed by atoms with Crippen molar-refractivity contribution in [3.63, 3.8) is 0 Å². The molecule has 1 unspecified atom stereocenters. The highest BCUT2D eigenvalue weighted by Crippen LogP contribution is 2.49. The van der Waals surface area contributed by atoms with Gasteiger partial charge in [-0.3, -0.25) is 4.98 Å². The Morgan fingerprint density at radius 2 is 1.84 bits per heavy atom. The van der Waals surface area contributed by atoms with E-state index >= 15 is 0 Å². The van der Waals surface area contributed by atoms with Gasteiger partial charge in [-0.2, -0.15) is 10.5 Å². The molecule has 4 atom stereocenters. The zero-order valence-corrected chi connectivity index (χ0v) is 23.6. The lowest BCUT2D eigenvalue weighted by Gasteiger charge is -2.23. The molecule has 0 spiro atoms. The number of halogens is 2. The van der Waals surface area contributed by atoms with Crippen molar-refractivity contribution < 1.29 is 5.76 Å². The molecule has 0 amide bonds. The van der Waals surface area contributed by atoms with Crippen molar-refractivity contribution >= 4 is 33.9 Å². The van der Waals surface area contributed by atoms with Gasteiger partial charge in [0.1, 0.15) is 17.6 Å². The predicted octanol–water partition coefficient (Wildman–Crippen LogP) is 7.34. The topological polar surface area (TPSA) is 115 Å². The van der Waals surface area contributed by atoms with Gasteiger partial charge in [0.15, 0.2) is 0 Å². The normalized spacial score (nSPS) is 19.9. The maximum absolute atomic E-state index is 13.9. The molecule has 2 aliphatic carbocycles. The highest BCUT2D eigenvalue weighted by molar-refractivity contribution is 6.35. The molecule has 0 bridgehead atoms. The molecule has 2 fully saturated rings. The van der Waals surface area contributed by atoms with Crippen LogP contribution in [0.2, 0.25) is 5.02 Å². The van der Waals surface area contributed by atoms with Crippen LogP contribution in [0.15, 0.2) is 79.1 Å². The van der Waals surface area contributed by atoms with Gasteiger partial charge in [-0.15, -0.1) is 5.10 Å². The molecule has 0 radical (unpaired) electrons. The summed E-state index contributed by atoms with van der Waals surface area (Å²) in [5, 5.41) is 36.1. The molecule has 3 aromatic carbocycles. The second-order valence-electron chi connectivity index (χ2n) is 11.0. The van der Waals surface area contributed by atoms with Gasteiger partial charge in [-0.1, -0.05) is 59.3 Å². The molecular formula is C33H26ClFN8. The van der Waals surface area contributed by atoms with E-state index in [1.165, 1.54) is 18.3 Å². The van der Waals surface area contributed by atoms with Gasteiger partial charge < -0.3 is 10.6 Å². The summed E-state index contributed by atoms with van der Waals surface area (Å²) < 4.78 is 25.3. The second-order valence-corrected chi connectivity index (χ2v) is 11.4. The maximum atomic E-state index is 13.9. The lowest BCUT2D eigenvalue weighted by molar-refractivity contribution is 0.610. The lowest BCUT2D eigenvalue weighted by atomic mass is 9.99. The van der Waals surface area contributed by atoms with Crippen LogP contribution >= 0.6 is 11.6 Å². The minimum atomic E-state index is -1.65. The van der Waals surface area contributed by atoms with Crippen LogP contribution in [0.5, 0.6) is 0 Å². The van der Waals surface area contributed by atoms with E-state index in [2.05, 4.69) is 38.1 Å². The SMILES string of the molecule is [2H]C(Nc1cc(Cl)c2ncc(C#N)c(N[C@@H](c3ccccc3)[C@@H]3C[C@H]3C#N)c2c1)(c1ccc(F)cc1)c1cn(C2CC2)nn1. The fourth-order valence-electron chi connectivity index (χ4n) is 5.51. The number of nitrogens with zero attached hydrogens (tertiary/aromatic N) is 6. The van der Waals surface area contributed by atoms with E-state index in [0.717, 1.165) is 24.8 Å². The first-order valence-electron chi connectivity index (χ1n) is 14.6. The van der Waals surface area contributed by atoms with Crippen LogP contribution in [-0.4, -0.2) is 20.0 Å². The van der Waals surface area contributed by atoms with Gasteiger partial charge in [0, 0.05) is 23.2 Å². The first-order valence-corrected chi connectivity index (χ1v) is 14.5. The van der Waals surface area contributed by atoms with Crippen LogP contribution in [0.25, 0.3) is 10.9 Å². The van der Waals surface area contributed by atoms with Crippen LogP contribution in [0.1, 0.15) is 61.1 Å². The van der Waals surface area contributed by atoms with Crippen molar-refractivity contribution in [2.75, 3.05) is 10.6 Å². The third kappa shape index (κ3) is 5.36. The summed E-state index contributed by atoms with van der Waals surface area (Å²) in [5.74, 6) is -0.433. The summed E-state index contributed by atoms with van der Waals surface area (Å²) >= 11 is 6.80. The third-order valence-corrected chi connectivity index (χ3v) is 8.32. The highest BCUT2D eigenvalue weighted by Gasteiger charge is 2.44. The van der Waals surface area contributed by atoms with Crippen LogP contribution in [0.4, 0.5) is 15.8 Å². The minimum absolute atomic E-state index is 0.0717. The molecule has 43 heavy (non-hydrogen) atoms. The summed E-state index contributed by atoms with van der Waals surface area (Å²) in [4.78, 5) is 4.49. The molecule has 0 aliphatic heterocycles. The molecule has 5 aromatic rings. The van der Waals surface area contributed by atoms with Gasteiger partial charge in [-0.25, -0.2) is 9.07 Å². The lowest BCUT2D eigenvalue weighted by Crippen LogP contribution is -2.16. The van der Waals surface area contributed by atoms with Crippen LogP contribution in [0.3, 0.4) is 0 Å². The first-order chi connectivity index (χ1) is 21.4. The van der Waals surface area contributed by atoms with Crippen molar-refractivity contribution in [3.8, 4) is 12.1 Å². The molecule has 8 nitrogen and oxygen atoms in total. The monoisotopic (exact) mass is 589 g/mol. The molecule has 2 saturated carbocycles. The third-order valence-electron chi connectivity index (χ3n) is 8.03. The number of nitrogens with one attached hydrogen (secondary N) is 2. The first kappa shape index (κ1) is 25.7. The fourth-order valence-corrected chi connectivity index (χ4v) is 5.78. The van der Waals surface area contributed by atoms with E-state index in [-0.39, 0.29) is 23.9 Å². The zero-order valence-electron chi connectivity index (χ0n) is 23.9. The average Bonchev–Trinajstić information content (AvgIpc) is 3.98. The summed E-state index contributed by atoms with van der Waals surface area (Å²) in [5.41, 5.74) is 3.62. The van der Waals surface area contributed by atoms with Crippen molar-refractivity contribution in [1.29, 1.82) is 10.5 Å². The van der Waals surface area contributed by atoms with E-state index in [9.17, 15) is 16.3 Å². The van der Waals surface area contributed by atoms with Crippen molar-refractivity contribution in [3.05, 3.63) is 112 Å².